The number of nitriles is 1. The number of hydrogen-bond acceptors (Lipinski definition) is 5. The van der Waals surface area contributed by atoms with Crippen LogP contribution in [0.4, 0.5) is 0 Å². The highest BCUT2D eigenvalue weighted by Crippen LogP contribution is 2.10. The quantitative estimate of drug-likeness (QED) is 0.637. The molecular weight excluding hydrogens is 232 g/mol. The third kappa shape index (κ3) is 3.47. The first-order valence-electron chi connectivity index (χ1n) is 4.70. The van der Waals surface area contributed by atoms with Crippen LogP contribution in [0, 0.1) is 17.2 Å². The second kappa shape index (κ2) is 5.82. The molecule has 7 heteroatoms. The van der Waals surface area contributed by atoms with E-state index in [1.807, 2.05) is 6.07 Å². The predicted octanol–water partition coefficient (Wildman–Crippen LogP) is -0.0308. The van der Waals surface area contributed by atoms with E-state index in [0.29, 0.717) is 0 Å². The van der Waals surface area contributed by atoms with Crippen molar-refractivity contribution in [3.05, 3.63) is 0 Å². The van der Waals surface area contributed by atoms with E-state index < -0.39 is 27.2 Å². The average molecular weight is 248 g/mol. The van der Waals surface area contributed by atoms with Crippen molar-refractivity contribution in [1.82, 2.24) is 4.31 Å². The summed E-state index contributed by atoms with van der Waals surface area (Å²) in [7, 11) is -1.28. The van der Waals surface area contributed by atoms with Gasteiger partial charge in [-0.05, 0) is 13.8 Å². The number of sulfonamides is 1. The first-order valence-corrected chi connectivity index (χ1v) is 6.20. The standard InChI is InChI=1S/C9H16N2O4S/c1-7(5-10)6-11(3)16(13,14)8(2)9(12)15-4/h7-8H,6H2,1-4H3. The molecule has 0 aliphatic rings. The number of methoxy groups -OCH3 is 1. The summed E-state index contributed by atoms with van der Waals surface area (Å²) in [6.45, 7) is 2.92. The van der Waals surface area contributed by atoms with Gasteiger partial charge in [0.25, 0.3) is 0 Å². The van der Waals surface area contributed by atoms with Gasteiger partial charge in [-0.25, -0.2) is 12.7 Å². The van der Waals surface area contributed by atoms with E-state index in [-0.39, 0.29) is 6.54 Å². The van der Waals surface area contributed by atoms with E-state index in [1.165, 1.54) is 14.0 Å². The van der Waals surface area contributed by atoms with Gasteiger partial charge in [-0.15, -0.1) is 0 Å². The Kier molecular flexibility index (Phi) is 5.41. The first kappa shape index (κ1) is 14.9. The molecule has 0 spiro atoms. The normalized spacial score (nSPS) is 15.2. The van der Waals surface area contributed by atoms with Crippen LogP contribution in [0.5, 0.6) is 0 Å². The summed E-state index contributed by atoms with van der Waals surface area (Å²) in [5, 5.41) is 7.32. The number of esters is 1. The molecule has 0 amide bonds. The van der Waals surface area contributed by atoms with Crippen LogP contribution in [0.25, 0.3) is 0 Å². The lowest BCUT2D eigenvalue weighted by atomic mass is 10.2. The van der Waals surface area contributed by atoms with E-state index in [4.69, 9.17) is 5.26 Å². The molecule has 92 valence electrons. The van der Waals surface area contributed by atoms with Crippen LogP contribution in [-0.4, -0.2) is 44.6 Å². The monoisotopic (exact) mass is 248 g/mol. The second-order valence-corrected chi connectivity index (χ2v) is 5.88. The summed E-state index contributed by atoms with van der Waals surface area (Å²) in [6, 6.07) is 1.93. The number of ether oxygens (including phenoxy) is 1. The van der Waals surface area contributed by atoms with Gasteiger partial charge in [0, 0.05) is 13.6 Å². The van der Waals surface area contributed by atoms with Gasteiger partial charge in [0.1, 0.15) is 0 Å². The van der Waals surface area contributed by atoms with Crippen molar-refractivity contribution in [2.75, 3.05) is 20.7 Å². The molecule has 16 heavy (non-hydrogen) atoms. The molecule has 0 aliphatic heterocycles. The van der Waals surface area contributed by atoms with Gasteiger partial charge < -0.3 is 4.74 Å². The molecule has 0 saturated carbocycles. The molecule has 0 aromatic carbocycles. The van der Waals surface area contributed by atoms with Gasteiger partial charge in [0.2, 0.25) is 10.0 Å². The fraction of sp³-hybridized carbons (Fsp3) is 0.778. The van der Waals surface area contributed by atoms with E-state index >= 15 is 0 Å². The SMILES string of the molecule is COC(=O)C(C)S(=O)(=O)N(C)CC(C)C#N. The minimum atomic E-state index is -3.75. The van der Waals surface area contributed by atoms with Crippen LogP contribution >= 0.6 is 0 Å². The summed E-state index contributed by atoms with van der Waals surface area (Å²) in [5.41, 5.74) is 0. The Labute approximate surface area is 95.8 Å². The van der Waals surface area contributed by atoms with Gasteiger partial charge in [-0.2, -0.15) is 5.26 Å². The summed E-state index contributed by atoms with van der Waals surface area (Å²) in [4.78, 5) is 11.1. The molecule has 0 heterocycles. The largest absolute Gasteiger partial charge is 0.468 e. The van der Waals surface area contributed by atoms with Crippen molar-refractivity contribution in [3.8, 4) is 6.07 Å². The van der Waals surface area contributed by atoms with E-state index in [2.05, 4.69) is 4.74 Å². The molecule has 0 bridgehead atoms. The van der Waals surface area contributed by atoms with Crippen molar-refractivity contribution in [2.24, 2.45) is 5.92 Å². The lowest BCUT2D eigenvalue weighted by Crippen LogP contribution is -2.41. The number of nitrogens with zero attached hydrogens (tertiary/aromatic N) is 2. The summed E-state index contributed by atoms with van der Waals surface area (Å²) in [6.07, 6.45) is 0. The zero-order valence-electron chi connectivity index (χ0n) is 9.80. The number of rotatable bonds is 5. The molecule has 0 rings (SSSR count). The van der Waals surface area contributed by atoms with Gasteiger partial charge in [-0.1, -0.05) is 0 Å². The smallest absolute Gasteiger partial charge is 0.325 e. The molecular formula is C9H16N2O4S. The third-order valence-electron chi connectivity index (χ3n) is 2.17. The molecule has 2 atom stereocenters. The molecule has 0 N–H and O–H groups in total. The van der Waals surface area contributed by atoms with Gasteiger partial charge in [-0.3, -0.25) is 4.79 Å². The highest BCUT2D eigenvalue weighted by molar-refractivity contribution is 7.90. The van der Waals surface area contributed by atoms with Crippen LogP contribution < -0.4 is 0 Å². The Morgan fingerprint density at radius 3 is 2.38 bits per heavy atom. The zero-order chi connectivity index (χ0) is 12.9. The first-order chi connectivity index (χ1) is 7.27. The number of carbonyl (C=O) groups is 1. The molecule has 0 fully saturated rings. The topological polar surface area (TPSA) is 87.5 Å². The van der Waals surface area contributed by atoms with Gasteiger partial charge in [0.05, 0.1) is 19.1 Å². The lowest BCUT2D eigenvalue weighted by molar-refractivity contribution is -0.139. The maximum absolute atomic E-state index is 11.8. The number of hydrogen-bond donors (Lipinski definition) is 0. The highest BCUT2D eigenvalue weighted by atomic mass is 32.2. The summed E-state index contributed by atoms with van der Waals surface area (Å²) >= 11 is 0. The van der Waals surface area contributed by atoms with Crippen molar-refractivity contribution >= 4 is 16.0 Å². The maximum atomic E-state index is 11.8. The molecule has 0 aromatic heterocycles. The minimum Gasteiger partial charge on any atom is -0.468 e. The fourth-order valence-electron chi connectivity index (χ4n) is 1.09. The zero-order valence-corrected chi connectivity index (χ0v) is 10.6. The Bertz CT molecular complexity index is 385. The molecule has 6 nitrogen and oxygen atoms in total. The van der Waals surface area contributed by atoms with E-state index in [1.54, 1.807) is 6.92 Å². The molecule has 2 unspecified atom stereocenters. The van der Waals surface area contributed by atoms with Crippen LogP contribution in [-0.2, 0) is 19.6 Å². The Hall–Kier alpha value is -1.13. The molecule has 0 radical (unpaired) electrons. The Balaban J connectivity index is 4.80. The molecule has 0 aliphatic carbocycles. The number of carbonyl (C=O) groups excluding carboxylic acids is 1. The van der Waals surface area contributed by atoms with Crippen molar-refractivity contribution in [3.63, 3.8) is 0 Å². The average Bonchev–Trinajstić information content (AvgIpc) is 2.26. The highest BCUT2D eigenvalue weighted by Gasteiger charge is 2.33. The van der Waals surface area contributed by atoms with E-state index in [0.717, 1.165) is 11.4 Å². The summed E-state index contributed by atoms with van der Waals surface area (Å²) < 4.78 is 29.0. The van der Waals surface area contributed by atoms with Crippen LogP contribution in [0.2, 0.25) is 0 Å². The van der Waals surface area contributed by atoms with Crippen LogP contribution in [0.15, 0.2) is 0 Å². The Morgan fingerprint density at radius 2 is 2.00 bits per heavy atom. The minimum absolute atomic E-state index is 0.0557. The van der Waals surface area contributed by atoms with Crippen molar-refractivity contribution in [2.45, 2.75) is 19.1 Å². The fourth-order valence-corrected chi connectivity index (χ4v) is 2.40. The van der Waals surface area contributed by atoms with Gasteiger partial charge >= 0.3 is 5.97 Å². The van der Waals surface area contributed by atoms with Crippen molar-refractivity contribution < 1.29 is 17.9 Å². The summed E-state index contributed by atoms with van der Waals surface area (Å²) in [5.74, 6) is -1.24. The predicted molar refractivity (Wildman–Crippen MR) is 57.8 cm³/mol. The van der Waals surface area contributed by atoms with Gasteiger partial charge in [0.15, 0.2) is 5.25 Å². The third-order valence-corrected chi connectivity index (χ3v) is 4.27. The van der Waals surface area contributed by atoms with Crippen molar-refractivity contribution in [1.29, 1.82) is 5.26 Å². The lowest BCUT2D eigenvalue weighted by Gasteiger charge is -2.21. The Morgan fingerprint density at radius 1 is 1.50 bits per heavy atom. The molecule has 0 saturated heterocycles. The molecule has 0 aromatic rings. The van der Waals surface area contributed by atoms with E-state index in [9.17, 15) is 13.2 Å². The second-order valence-electron chi connectivity index (χ2n) is 3.52. The van der Waals surface area contributed by atoms with Crippen LogP contribution in [0.1, 0.15) is 13.8 Å². The maximum Gasteiger partial charge on any atom is 0.325 e. The van der Waals surface area contributed by atoms with Crippen LogP contribution in [0.3, 0.4) is 0 Å².